The van der Waals surface area contributed by atoms with E-state index in [9.17, 15) is 0 Å². The van der Waals surface area contributed by atoms with E-state index in [1.807, 2.05) is 0 Å². The number of rotatable bonds is 5. The van der Waals surface area contributed by atoms with Crippen LogP contribution in [0.2, 0.25) is 0 Å². The van der Waals surface area contributed by atoms with Crippen LogP contribution >= 0.6 is 0 Å². The fraction of sp³-hybridized carbons (Fsp3) is 0.909. The molecule has 0 N–H and O–H groups in total. The molecule has 0 aliphatic rings. The molecule has 0 atom stereocenters. The van der Waals surface area contributed by atoms with Gasteiger partial charge >= 0.3 is 0 Å². The average molecular weight is 169 g/mol. The van der Waals surface area contributed by atoms with E-state index in [0.717, 1.165) is 18.4 Å². The van der Waals surface area contributed by atoms with Gasteiger partial charge in [0.1, 0.15) is 0 Å². The molecule has 1 nitrogen and oxygen atoms in total. The summed E-state index contributed by atoms with van der Waals surface area (Å²) in [6.07, 6.45) is 2.35. The van der Waals surface area contributed by atoms with Gasteiger partial charge in [-0.25, -0.2) is 0 Å². The summed E-state index contributed by atoms with van der Waals surface area (Å²) in [6.45, 7) is 12.1. The molecular formula is C11H23N. The Morgan fingerprint density at radius 1 is 1.00 bits per heavy atom. The Hall–Kier alpha value is -0.330. The van der Waals surface area contributed by atoms with Crippen LogP contribution < -0.4 is 0 Å². The van der Waals surface area contributed by atoms with Crippen LogP contribution in [-0.4, -0.2) is 12.3 Å². The quantitative estimate of drug-likeness (QED) is 0.558. The highest BCUT2D eigenvalue weighted by Crippen LogP contribution is 2.10. The van der Waals surface area contributed by atoms with Crippen molar-refractivity contribution in [3.05, 3.63) is 0 Å². The molecule has 0 fully saturated rings. The van der Waals surface area contributed by atoms with E-state index in [-0.39, 0.29) is 0 Å². The van der Waals surface area contributed by atoms with Crippen molar-refractivity contribution in [2.45, 2.75) is 47.5 Å². The van der Waals surface area contributed by atoms with Crippen molar-refractivity contribution in [2.75, 3.05) is 6.54 Å². The van der Waals surface area contributed by atoms with Gasteiger partial charge in [0, 0.05) is 12.3 Å². The molecule has 0 bridgehead atoms. The first-order valence-corrected chi connectivity index (χ1v) is 5.08. The zero-order valence-corrected chi connectivity index (χ0v) is 9.22. The largest absolute Gasteiger partial charge is 0.294 e. The molecule has 0 aromatic rings. The summed E-state index contributed by atoms with van der Waals surface area (Å²) < 4.78 is 0. The lowest BCUT2D eigenvalue weighted by atomic mass is 9.99. The Kier molecular flexibility index (Phi) is 6.04. The minimum atomic E-state index is 0.744. The molecule has 0 rings (SSSR count). The lowest BCUT2D eigenvalue weighted by molar-refractivity contribution is 0.633. The van der Waals surface area contributed by atoms with Gasteiger partial charge in [-0.1, -0.05) is 27.7 Å². The Morgan fingerprint density at radius 2 is 1.42 bits per heavy atom. The summed E-state index contributed by atoms with van der Waals surface area (Å²) in [5, 5.41) is 0. The van der Waals surface area contributed by atoms with Crippen molar-refractivity contribution < 1.29 is 0 Å². The maximum absolute atomic E-state index is 4.52. The fourth-order valence-electron chi connectivity index (χ4n) is 1.38. The molecule has 12 heavy (non-hydrogen) atoms. The maximum atomic E-state index is 4.52. The third kappa shape index (κ3) is 6.38. The van der Waals surface area contributed by atoms with Crippen molar-refractivity contribution in [2.24, 2.45) is 16.8 Å². The van der Waals surface area contributed by atoms with Crippen LogP contribution in [0.3, 0.4) is 0 Å². The van der Waals surface area contributed by atoms with E-state index >= 15 is 0 Å². The Morgan fingerprint density at radius 3 is 1.67 bits per heavy atom. The van der Waals surface area contributed by atoms with Crippen LogP contribution in [0.15, 0.2) is 4.99 Å². The predicted molar refractivity (Wildman–Crippen MR) is 56.9 cm³/mol. The van der Waals surface area contributed by atoms with Gasteiger partial charge in [-0.15, -0.1) is 0 Å². The van der Waals surface area contributed by atoms with Gasteiger partial charge in [0.05, 0.1) is 0 Å². The SMILES string of the molecule is CCN=C(CC(C)C)CC(C)C. The lowest BCUT2D eigenvalue weighted by Gasteiger charge is -2.10. The van der Waals surface area contributed by atoms with Crippen LogP contribution in [0, 0.1) is 11.8 Å². The molecule has 0 radical (unpaired) electrons. The molecule has 0 spiro atoms. The number of hydrogen-bond donors (Lipinski definition) is 0. The van der Waals surface area contributed by atoms with E-state index in [2.05, 4.69) is 39.6 Å². The molecule has 0 aliphatic heterocycles. The third-order valence-corrected chi connectivity index (χ3v) is 1.67. The zero-order chi connectivity index (χ0) is 9.56. The molecule has 1 heteroatoms. The molecular weight excluding hydrogens is 146 g/mol. The molecule has 0 aromatic heterocycles. The summed E-state index contributed by atoms with van der Waals surface area (Å²) in [6, 6.07) is 0. The lowest BCUT2D eigenvalue weighted by Crippen LogP contribution is -2.07. The van der Waals surface area contributed by atoms with Crippen LogP contribution in [0.25, 0.3) is 0 Å². The highest BCUT2D eigenvalue weighted by Gasteiger charge is 2.04. The molecule has 0 saturated carbocycles. The number of aliphatic imine (C=N–C) groups is 1. The average Bonchev–Trinajstić information content (AvgIpc) is 1.84. The second-order valence-corrected chi connectivity index (χ2v) is 4.24. The van der Waals surface area contributed by atoms with Crippen LogP contribution in [0.5, 0.6) is 0 Å². The highest BCUT2D eigenvalue weighted by atomic mass is 14.7. The van der Waals surface area contributed by atoms with Gasteiger partial charge in [-0.05, 0) is 31.6 Å². The molecule has 0 unspecified atom stereocenters. The van der Waals surface area contributed by atoms with Gasteiger partial charge in [-0.2, -0.15) is 0 Å². The predicted octanol–water partition coefficient (Wildman–Crippen LogP) is 3.54. The summed E-state index contributed by atoms with van der Waals surface area (Å²) in [5.74, 6) is 1.49. The van der Waals surface area contributed by atoms with Gasteiger partial charge in [0.2, 0.25) is 0 Å². The van der Waals surface area contributed by atoms with Crippen LogP contribution in [-0.2, 0) is 0 Å². The Labute approximate surface area is 77.3 Å². The van der Waals surface area contributed by atoms with Gasteiger partial charge in [0.25, 0.3) is 0 Å². The van der Waals surface area contributed by atoms with Crippen molar-refractivity contribution in [3.8, 4) is 0 Å². The first-order chi connectivity index (χ1) is 5.56. The smallest absolute Gasteiger partial charge is 0.0360 e. The molecule has 0 aromatic carbocycles. The maximum Gasteiger partial charge on any atom is 0.0360 e. The van der Waals surface area contributed by atoms with Crippen LogP contribution in [0.4, 0.5) is 0 Å². The van der Waals surface area contributed by atoms with Crippen molar-refractivity contribution >= 4 is 5.71 Å². The highest BCUT2D eigenvalue weighted by molar-refractivity contribution is 5.84. The van der Waals surface area contributed by atoms with E-state index in [4.69, 9.17) is 0 Å². The summed E-state index contributed by atoms with van der Waals surface area (Å²) in [4.78, 5) is 4.52. The zero-order valence-electron chi connectivity index (χ0n) is 9.22. The second kappa shape index (κ2) is 6.22. The Balaban J connectivity index is 3.96. The topological polar surface area (TPSA) is 12.4 Å². The first kappa shape index (κ1) is 11.7. The van der Waals surface area contributed by atoms with E-state index in [1.165, 1.54) is 18.6 Å². The summed E-state index contributed by atoms with van der Waals surface area (Å²) in [7, 11) is 0. The molecule has 0 heterocycles. The fourth-order valence-corrected chi connectivity index (χ4v) is 1.38. The van der Waals surface area contributed by atoms with Gasteiger partial charge in [0.15, 0.2) is 0 Å². The Bertz CT molecular complexity index is 122. The van der Waals surface area contributed by atoms with Crippen molar-refractivity contribution in [3.63, 3.8) is 0 Å². The van der Waals surface area contributed by atoms with E-state index in [0.29, 0.717) is 0 Å². The van der Waals surface area contributed by atoms with Gasteiger partial charge in [-0.3, -0.25) is 4.99 Å². The standard InChI is InChI=1S/C11H23N/c1-6-12-11(7-9(2)3)8-10(4)5/h9-10H,6-8H2,1-5H3. The van der Waals surface area contributed by atoms with E-state index in [1.54, 1.807) is 0 Å². The van der Waals surface area contributed by atoms with Crippen LogP contribution in [0.1, 0.15) is 47.5 Å². The monoisotopic (exact) mass is 169 g/mol. The normalized spacial score (nSPS) is 10.9. The summed E-state index contributed by atoms with van der Waals surface area (Å²) >= 11 is 0. The van der Waals surface area contributed by atoms with Crippen molar-refractivity contribution in [1.82, 2.24) is 0 Å². The molecule has 0 amide bonds. The second-order valence-electron chi connectivity index (χ2n) is 4.24. The number of hydrogen-bond acceptors (Lipinski definition) is 1. The molecule has 0 aliphatic carbocycles. The van der Waals surface area contributed by atoms with E-state index < -0.39 is 0 Å². The van der Waals surface area contributed by atoms with Gasteiger partial charge < -0.3 is 0 Å². The van der Waals surface area contributed by atoms with Crippen molar-refractivity contribution in [1.29, 1.82) is 0 Å². The summed E-state index contributed by atoms with van der Waals surface area (Å²) in [5.41, 5.74) is 1.41. The molecule has 0 saturated heterocycles. The number of nitrogens with zero attached hydrogens (tertiary/aromatic N) is 1. The third-order valence-electron chi connectivity index (χ3n) is 1.67. The minimum Gasteiger partial charge on any atom is -0.294 e. The minimum absolute atomic E-state index is 0.744. The molecule has 72 valence electrons. The first-order valence-electron chi connectivity index (χ1n) is 5.08.